The maximum atomic E-state index is 5.72. The van der Waals surface area contributed by atoms with E-state index in [1.54, 1.807) is 7.11 Å². The monoisotopic (exact) mass is 232 g/mol. The molecule has 0 unspecified atom stereocenters. The van der Waals surface area contributed by atoms with Crippen LogP contribution in [-0.2, 0) is 6.42 Å². The van der Waals surface area contributed by atoms with E-state index in [9.17, 15) is 0 Å². The lowest BCUT2D eigenvalue weighted by atomic mass is 10.1. The molecular weight excluding hydrogens is 216 g/mol. The van der Waals surface area contributed by atoms with Crippen LogP contribution in [0.1, 0.15) is 5.69 Å². The first-order chi connectivity index (χ1) is 8.26. The van der Waals surface area contributed by atoms with Gasteiger partial charge in [0, 0.05) is 18.4 Å². The van der Waals surface area contributed by atoms with Gasteiger partial charge in [-0.1, -0.05) is 12.1 Å². The number of benzene rings is 1. The first kappa shape index (κ1) is 11.6. The maximum absolute atomic E-state index is 5.72. The van der Waals surface area contributed by atoms with Gasteiger partial charge in [-0.15, -0.1) is 0 Å². The van der Waals surface area contributed by atoms with Crippen LogP contribution in [0.5, 0.6) is 5.75 Å². The van der Waals surface area contributed by atoms with E-state index in [2.05, 4.69) is 15.3 Å². The van der Waals surface area contributed by atoms with Crippen LogP contribution in [0.4, 0.5) is 5.95 Å². The number of methoxy groups -OCH3 is 1. The molecule has 0 saturated heterocycles. The predicted molar refractivity (Wildman–Crippen MR) is 68.1 cm³/mol. The first-order valence-electron chi connectivity index (χ1n) is 5.50. The Morgan fingerprint density at radius 1 is 1.35 bits per heavy atom. The van der Waals surface area contributed by atoms with Crippen LogP contribution >= 0.6 is 0 Å². The molecule has 1 heterocycles. The molecule has 1 aromatic carbocycles. The number of nitrogens with zero attached hydrogens (tertiary/aromatic N) is 2. The van der Waals surface area contributed by atoms with Crippen molar-refractivity contribution in [1.29, 1.82) is 0 Å². The van der Waals surface area contributed by atoms with E-state index >= 15 is 0 Å². The Bertz CT molecular complexity index is 527. The third kappa shape index (κ3) is 2.29. The first-order valence-corrected chi connectivity index (χ1v) is 5.50. The molecule has 2 rings (SSSR count). The van der Waals surface area contributed by atoms with E-state index in [-0.39, 0.29) is 5.95 Å². The summed E-state index contributed by atoms with van der Waals surface area (Å²) in [4.78, 5) is 8.52. The van der Waals surface area contributed by atoms with E-state index in [0.29, 0.717) is 0 Å². The molecule has 0 spiro atoms. The lowest BCUT2D eigenvalue weighted by Crippen LogP contribution is -2.12. The number of nitrogens with two attached hydrogens (primary N) is 1. The highest BCUT2D eigenvalue weighted by Crippen LogP contribution is 2.26. The number of aromatic nitrogens is 2. The summed E-state index contributed by atoms with van der Waals surface area (Å²) in [5.41, 5.74) is 7.44. The zero-order chi connectivity index (χ0) is 12.3. The summed E-state index contributed by atoms with van der Waals surface area (Å²) >= 11 is 0. The Kier molecular flexibility index (Phi) is 3.39. The average Bonchev–Trinajstić information content (AvgIpc) is 2.35. The summed E-state index contributed by atoms with van der Waals surface area (Å²) in [5, 5.41) is 4.09. The lowest BCUT2D eigenvalue weighted by Gasteiger charge is -2.09. The Morgan fingerprint density at radius 3 is 2.88 bits per heavy atom. The minimum Gasteiger partial charge on any atom is -0.494 e. The molecule has 5 nitrogen and oxygen atoms in total. The third-order valence-corrected chi connectivity index (χ3v) is 2.62. The van der Waals surface area contributed by atoms with Crippen molar-refractivity contribution in [2.75, 3.05) is 26.4 Å². The van der Waals surface area contributed by atoms with Crippen molar-refractivity contribution in [1.82, 2.24) is 15.3 Å². The zero-order valence-electron chi connectivity index (χ0n) is 10.0. The fourth-order valence-corrected chi connectivity index (χ4v) is 1.81. The summed E-state index contributed by atoms with van der Waals surface area (Å²) in [6.45, 7) is 0.850. The number of hydrogen-bond donors (Lipinski definition) is 2. The molecule has 0 aliphatic carbocycles. The van der Waals surface area contributed by atoms with Gasteiger partial charge in [0.05, 0.1) is 12.8 Å². The molecule has 0 radical (unpaired) electrons. The van der Waals surface area contributed by atoms with Crippen LogP contribution in [0.3, 0.4) is 0 Å². The van der Waals surface area contributed by atoms with E-state index < -0.39 is 0 Å². The fraction of sp³-hybridized carbons (Fsp3) is 0.333. The van der Waals surface area contributed by atoms with Crippen molar-refractivity contribution in [3.05, 3.63) is 23.9 Å². The molecule has 1 aromatic heterocycles. The second kappa shape index (κ2) is 4.97. The Hall–Kier alpha value is -1.88. The SMILES string of the molecule is CNCCc1nc(N)nc2c(OC)cccc12. The highest BCUT2D eigenvalue weighted by molar-refractivity contribution is 5.87. The number of likely N-dealkylation sites (N-methyl/N-ethyl adjacent to an activating group) is 1. The van der Waals surface area contributed by atoms with Crippen LogP contribution < -0.4 is 15.8 Å². The van der Waals surface area contributed by atoms with E-state index in [1.165, 1.54) is 0 Å². The summed E-state index contributed by atoms with van der Waals surface area (Å²) < 4.78 is 5.28. The molecule has 2 aromatic rings. The van der Waals surface area contributed by atoms with Gasteiger partial charge in [-0.2, -0.15) is 0 Å². The van der Waals surface area contributed by atoms with Crippen molar-refractivity contribution in [2.24, 2.45) is 0 Å². The van der Waals surface area contributed by atoms with Crippen LogP contribution in [0.2, 0.25) is 0 Å². The molecule has 0 aliphatic heterocycles. The van der Waals surface area contributed by atoms with Crippen molar-refractivity contribution in [3.63, 3.8) is 0 Å². The standard InChI is InChI=1S/C12H16N4O/c1-14-7-6-9-8-4-3-5-10(17-2)11(8)16-12(13)15-9/h3-5,14H,6-7H2,1-2H3,(H2,13,15,16). The van der Waals surface area contributed by atoms with Crippen molar-refractivity contribution >= 4 is 16.9 Å². The number of fused-ring (bicyclic) bond motifs is 1. The minimum absolute atomic E-state index is 0.285. The summed E-state index contributed by atoms with van der Waals surface area (Å²) in [6, 6.07) is 5.79. The van der Waals surface area contributed by atoms with E-state index in [1.807, 2.05) is 25.2 Å². The number of hydrogen-bond acceptors (Lipinski definition) is 5. The molecular formula is C12H16N4O. The summed E-state index contributed by atoms with van der Waals surface area (Å²) in [7, 11) is 3.54. The lowest BCUT2D eigenvalue weighted by molar-refractivity contribution is 0.419. The van der Waals surface area contributed by atoms with E-state index in [0.717, 1.165) is 35.3 Å². The summed E-state index contributed by atoms with van der Waals surface area (Å²) in [6.07, 6.45) is 0.812. The van der Waals surface area contributed by atoms with Gasteiger partial charge in [-0.25, -0.2) is 9.97 Å². The molecule has 0 atom stereocenters. The molecule has 5 heteroatoms. The quantitative estimate of drug-likeness (QED) is 0.822. The van der Waals surface area contributed by atoms with Crippen molar-refractivity contribution < 1.29 is 4.74 Å². The highest BCUT2D eigenvalue weighted by atomic mass is 16.5. The van der Waals surface area contributed by atoms with E-state index in [4.69, 9.17) is 10.5 Å². The number of nitrogen functional groups attached to an aromatic ring is 1. The fourth-order valence-electron chi connectivity index (χ4n) is 1.81. The molecule has 0 fully saturated rings. The average molecular weight is 232 g/mol. The highest BCUT2D eigenvalue weighted by Gasteiger charge is 2.09. The second-order valence-corrected chi connectivity index (χ2v) is 3.74. The third-order valence-electron chi connectivity index (χ3n) is 2.62. The number of rotatable bonds is 4. The van der Waals surface area contributed by atoms with Gasteiger partial charge in [-0.05, 0) is 13.1 Å². The van der Waals surface area contributed by atoms with Gasteiger partial charge in [0.2, 0.25) is 5.95 Å². The van der Waals surface area contributed by atoms with Gasteiger partial charge in [-0.3, -0.25) is 0 Å². The number of nitrogens with one attached hydrogen (secondary N) is 1. The Balaban J connectivity index is 2.59. The van der Waals surface area contributed by atoms with Crippen LogP contribution in [0.15, 0.2) is 18.2 Å². The van der Waals surface area contributed by atoms with Gasteiger partial charge in [0.15, 0.2) is 0 Å². The number of para-hydroxylation sites is 1. The maximum Gasteiger partial charge on any atom is 0.220 e. The Morgan fingerprint density at radius 2 is 2.18 bits per heavy atom. The molecule has 0 amide bonds. The normalized spacial score (nSPS) is 10.7. The number of ether oxygens (including phenoxy) is 1. The van der Waals surface area contributed by atoms with Gasteiger partial charge in [0.25, 0.3) is 0 Å². The van der Waals surface area contributed by atoms with Crippen LogP contribution in [0, 0.1) is 0 Å². The molecule has 0 aliphatic rings. The van der Waals surface area contributed by atoms with Crippen molar-refractivity contribution in [3.8, 4) is 5.75 Å². The minimum atomic E-state index is 0.285. The van der Waals surface area contributed by atoms with Crippen LogP contribution in [-0.4, -0.2) is 30.7 Å². The van der Waals surface area contributed by atoms with Crippen LogP contribution in [0.25, 0.3) is 10.9 Å². The largest absolute Gasteiger partial charge is 0.494 e. The van der Waals surface area contributed by atoms with Gasteiger partial charge < -0.3 is 15.8 Å². The second-order valence-electron chi connectivity index (χ2n) is 3.74. The molecule has 17 heavy (non-hydrogen) atoms. The molecule has 3 N–H and O–H groups in total. The van der Waals surface area contributed by atoms with Gasteiger partial charge in [0.1, 0.15) is 11.3 Å². The molecule has 0 saturated carbocycles. The zero-order valence-corrected chi connectivity index (χ0v) is 10.0. The number of anilines is 1. The summed E-state index contributed by atoms with van der Waals surface area (Å²) in [5.74, 6) is 1.01. The predicted octanol–water partition coefficient (Wildman–Crippen LogP) is 0.982. The smallest absolute Gasteiger partial charge is 0.220 e. The molecule has 90 valence electrons. The topological polar surface area (TPSA) is 73.1 Å². The van der Waals surface area contributed by atoms with Gasteiger partial charge >= 0.3 is 0 Å². The Labute approximate surface area is 100 Å². The van der Waals surface area contributed by atoms with Crippen molar-refractivity contribution in [2.45, 2.75) is 6.42 Å². The molecule has 0 bridgehead atoms.